The van der Waals surface area contributed by atoms with Gasteiger partial charge in [0, 0.05) is 0 Å². The van der Waals surface area contributed by atoms with Crippen LogP contribution in [-0.4, -0.2) is 0 Å². The Morgan fingerprint density at radius 3 is 1.72 bits per heavy atom. The molecule has 32 heavy (non-hydrogen) atoms. The van der Waals surface area contributed by atoms with E-state index in [-0.39, 0.29) is 5.41 Å². The van der Waals surface area contributed by atoms with E-state index in [1.165, 1.54) is 61.2 Å². The lowest BCUT2D eigenvalue weighted by Crippen LogP contribution is -2.25. The van der Waals surface area contributed by atoms with Gasteiger partial charge >= 0.3 is 0 Å². The lowest BCUT2D eigenvalue weighted by atomic mass is 9.70. The zero-order valence-corrected chi connectivity index (χ0v) is 18.0. The number of rotatable bonds is 1. The van der Waals surface area contributed by atoms with Crippen LogP contribution < -0.4 is 0 Å². The van der Waals surface area contributed by atoms with Crippen LogP contribution >= 0.6 is 0 Å². The second kappa shape index (κ2) is 6.31. The maximum Gasteiger partial charge on any atom is 0.0725 e. The van der Waals surface area contributed by atoms with E-state index in [1.807, 2.05) is 0 Å². The SMILES string of the molecule is Cc1ccc2c(c1)-c1c(-c3ccccc3)cccc1C21c2ccccc2-c2ccccc21. The maximum atomic E-state index is 2.39. The first-order chi connectivity index (χ1) is 15.8. The molecule has 2 aliphatic rings. The summed E-state index contributed by atoms with van der Waals surface area (Å²) in [7, 11) is 0. The van der Waals surface area contributed by atoms with E-state index >= 15 is 0 Å². The third-order valence-electron chi connectivity index (χ3n) is 7.35. The van der Waals surface area contributed by atoms with Gasteiger partial charge in [-0.05, 0) is 62.6 Å². The molecule has 0 heterocycles. The number of benzene rings is 5. The Balaban J connectivity index is 1.69. The Kier molecular flexibility index (Phi) is 3.50. The summed E-state index contributed by atoms with van der Waals surface area (Å²) in [6.07, 6.45) is 0. The number of hydrogen-bond donors (Lipinski definition) is 0. The molecule has 0 nitrogen and oxygen atoms in total. The first-order valence-corrected chi connectivity index (χ1v) is 11.3. The normalized spacial score (nSPS) is 14.0. The van der Waals surface area contributed by atoms with Crippen molar-refractivity contribution in [3.8, 4) is 33.4 Å². The van der Waals surface area contributed by atoms with Gasteiger partial charge in [0.2, 0.25) is 0 Å². The molecule has 7 rings (SSSR count). The number of aryl methyl sites for hydroxylation is 1. The molecule has 0 aliphatic heterocycles. The van der Waals surface area contributed by atoms with Crippen LogP contribution in [0.25, 0.3) is 33.4 Å². The summed E-state index contributed by atoms with van der Waals surface area (Å²) in [5.74, 6) is 0. The Morgan fingerprint density at radius 1 is 0.438 bits per heavy atom. The zero-order valence-electron chi connectivity index (χ0n) is 18.0. The van der Waals surface area contributed by atoms with Gasteiger partial charge in [-0.15, -0.1) is 0 Å². The van der Waals surface area contributed by atoms with Crippen LogP contribution in [0.1, 0.15) is 27.8 Å². The van der Waals surface area contributed by atoms with Crippen molar-refractivity contribution in [2.45, 2.75) is 12.3 Å². The minimum absolute atomic E-state index is 0.268. The molecule has 0 unspecified atom stereocenters. The molecule has 0 radical (unpaired) electrons. The smallest absolute Gasteiger partial charge is 0.0622 e. The van der Waals surface area contributed by atoms with Gasteiger partial charge < -0.3 is 0 Å². The molecule has 0 fully saturated rings. The second-order valence-electron chi connectivity index (χ2n) is 8.98. The average molecular weight is 407 g/mol. The molecule has 0 heteroatoms. The summed E-state index contributed by atoms with van der Waals surface area (Å²) < 4.78 is 0. The lowest BCUT2D eigenvalue weighted by molar-refractivity contribution is 0.793. The molecule has 150 valence electrons. The fourth-order valence-corrected chi connectivity index (χ4v) is 6.17. The molecule has 5 aromatic rings. The van der Waals surface area contributed by atoms with Gasteiger partial charge in [0.25, 0.3) is 0 Å². The van der Waals surface area contributed by atoms with E-state index in [9.17, 15) is 0 Å². The minimum Gasteiger partial charge on any atom is -0.0622 e. The summed E-state index contributed by atoms with van der Waals surface area (Å²) >= 11 is 0. The van der Waals surface area contributed by atoms with Crippen LogP contribution in [0, 0.1) is 6.92 Å². The van der Waals surface area contributed by atoms with E-state index in [2.05, 4.69) is 122 Å². The van der Waals surface area contributed by atoms with Crippen molar-refractivity contribution in [1.82, 2.24) is 0 Å². The molecule has 0 atom stereocenters. The maximum absolute atomic E-state index is 2.39. The monoisotopic (exact) mass is 406 g/mol. The van der Waals surface area contributed by atoms with Gasteiger partial charge in [-0.25, -0.2) is 0 Å². The van der Waals surface area contributed by atoms with E-state index < -0.39 is 0 Å². The van der Waals surface area contributed by atoms with Gasteiger partial charge in [-0.1, -0.05) is 121 Å². The molecular weight excluding hydrogens is 384 g/mol. The summed E-state index contributed by atoms with van der Waals surface area (Å²) in [4.78, 5) is 0. The molecular formula is C32H22. The summed E-state index contributed by atoms with van der Waals surface area (Å²) in [6.45, 7) is 2.20. The number of hydrogen-bond acceptors (Lipinski definition) is 0. The average Bonchev–Trinajstić information content (AvgIpc) is 3.31. The first kappa shape index (κ1) is 17.7. The van der Waals surface area contributed by atoms with Gasteiger partial charge in [-0.3, -0.25) is 0 Å². The van der Waals surface area contributed by atoms with Crippen molar-refractivity contribution in [3.63, 3.8) is 0 Å². The van der Waals surface area contributed by atoms with Crippen LogP contribution in [0.2, 0.25) is 0 Å². The molecule has 0 N–H and O–H groups in total. The summed E-state index contributed by atoms with van der Waals surface area (Å²) in [5, 5.41) is 0. The standard InChI is InChI=1S/C32H22/c1-21-18-19-29-26(20-21)31-23(22-10-3-2-4-11-22)14-9-17-30(31)32(29)27-15-7-5-12-24(27)25-13-6-8-16-28(25)32/h2-20H,1H3. The van der Waals surface area contributed by atoms with Crippen molar-refractivity contribution in [2.24, 2.45) is 0 Å². The molecule has 0 bridgehead atoms. The molecule has 0 saturated carbocycles. The summed E-state index contributed by atoms with van der Waals surface area (Å²) in [6, 6.07) is 42.7. The van der Waals surface area contributed by atoms with Crippen molar-refractivity contribution < 1.29 is 0 Å². The largest absolute Gasteiger partial charge is 0.0725 e. The van der Waals surface area contributed by atoms with Crippen LogP contribution in [0.3, 0.4) is 0 Å². The third kappa shape index (κ3) is 2.07. The minimum atomic E-state index is -0.268. The molecule has 0 amide bonds. The predicted octanol–water partition coefficient (Wildman–Crippen LogP) is 8.01. The van der Waals surface area contributed by atoms with Gasteiger partial charge in [-0.2, -0.15) is 0 Å². The molecule has 2 aliphatic carbocycles. The highest BCUT2D eigenvalue weighted by atomic mass is 14.5. The van der Waals surface area contributed by atoms with Gasteiger partial charge in [0.05, 0.1) is 5.41 Å². The van der Waals surface area contributed by atoms with Crippen molar-refractivity contribution in [2.75, 3.05) is 0 Å². The Bertz CT molecular complexity index is 1480. The molecule has 0 saturated heterocycles. The predicted molar refractivity (Wildman–Crippen MR) is 133 cm³/mol. The molecule has 0 aromatic heterocycles. The second-order valence-corrected chi connectivity index (χ2v) is 8.98. The molecule has 5 aromatic carbocycles. The van der Waals surface area contributed by atoms with Crippen molar-refractivity contribution in [3.05, 3.63) is 143 Å². The highest BCUT2D eigenvalue weighted by Crippen LogP contribution is 2.63. The highest BCUT2D eigenvalue weighted by molar-refractivity contribution is 5.99. The summed E-state index contributed by atoms with van der Waals surface area (Å²) in [5.41, 5.74) is 14.7. The van der Waals surface area contributed by atoms with Crippen LogP contribution in [0.15, 0.2) is 115 Å². The van der Waals surface area contributed by atoms with Crippen molar-refractivity contribution in [1.29, 1.82) is 0 Å². The van der Waals surface area contributed by atoms with E-state index in [4.69, 9.17) is 0 Å². The zero-order chi connectivity index (χ0) is 21.3. The highest BCUT2D eigenvalue weighted by Gasteiger charge is 2.51. The molecule has 1 spiro atoms. The fraction of sp³-hybridized carbons (Fsp3) is 0.0625. The Hall–Kier alpha value is -3.90. The Labute approximate surface area is 188 Å². The van der Waals surface area contributed by atoms with E-state index in [1.54, 1.807) is 0 Å². The van der Waals surface area contributed by atoms with Crippen LogP contribution in [-0.2, 0) is 5.41 Å². The van der Waals surface area contributed by atoms with Gasteiger partial charge in [0.15, 0.2) is 0 Å². The first-order valence-electron chi connectivity index (χ1n) is 11.3. The van der Waals surface area contributed by atoms with Crippen molar-refractivity contribution >= 4 is 0 Å². The number of fused-ring (bicyclic) bond motifs is 10. The topological polar surface area (TPSA) is 0 Å². The van der Waals surface area contributed by atoms with Crippen LogP contribution in [0.5, 0.6) is 0 Å². The fourth-order valence-electron chi connectivity index (χ4n) is 6.17. The van der Waals surface area contributed by atoms with Gasteiger partial charge in [0.1, 0.15) is 0 Å². The quantitative estimate of drug-likeness (QED) is 0.259. The van der Waals surface area contributed by atoms with Crippen LogP contribution in [0.4, 0.5) is 0 Å². The van der Waals surface area contributed by atoms with E-state index in [0.29, 0.717) is 0 Å². The third-order valence-corrected chi connectivity index (χ3v) is 7.35. The lowest BCUT2D eigenvalue weighted by Gasteiger charge is -2.30. The Morgan fingerprint density at radius 2 is 1.00 bits per heavy atom. The van der Waals surface area contributed by atoms with E-state index in [0.717, 1.165) is 0 Å².